The van der Waals surface area contributed by atoms with Crippen LogP contribution in [0.2, 0.25) is 0 Å². The first kappa shape index (κ1) is 22.5. The molecule has 0 N–H and O–H groups in total. The molecule has 0 aliphatic carbocycles. The van der Waals surface area contributed by atoms with Crippen LogP contribution in [0.15, 0.2) is 34.1 Å². The Labute approximate surface area is 178 Å². The number of sulfonamides is 1. The number of aryl methyl sites for hydroxylation is 1. The van der Waals surface area contributed by atoms with Crippen LogP contribution in [0.5, 0.6) is 0 Å². The number of pyridine rings is 1. The summed E-state index contributed by atoms with van der Waals surface area (Å²) in [6, 6.07) is 4.68. The van der Waals surface area contributed by atoms with Crippen LogP contribution in [0.3, 0.4) is 0 Å². The molecule has 1 aliphatic rings. The molecular formula is C22H31N3O4S. The van der Waals surface area contributed by atoms with Gasteiger partial charge in [0.05, 0.1) is 10.4 Å². The van der Waals surface area contributed by atoms with E-state index in [2.05, 4.69) is 0 Å². The number of hydrogen-bond donors (Lipinski definition) is 0. The van der Waals surface area contributed by atoms with Crippen molar-refractivity contribution in [2.45, 2.75) is 57.4 Å². The van der Waals surface area contributed by atoms with E-state index in [1.54, 1.807) is 30.3 Å². The van der Waals surface area contributed by atoms with Crippen molar-refractivity contribution in [3.8, 4) is 0 Å². The van der Waals surface area contributed by atoms with Crippen LogP contribution in [0.4, 0.5) is 0 Å². The zero-order valence-electron chi connectivity index (χ0n) is 18.1. The topological polar surface area (TPSA) is 79.7 Å². The summed E-state index contributed by atoms with van der Waals surface area (Å²) >= 11 is 0. The number of unbranched alkanes of at least 4 members (excludes halogenated alkanes) is 1. The third kappa shape index (κ3) is 4.30. The second-order valence-electron chi connectivity index (χ2n) is 7.88. The van der Waals surface area contributed by atoms with Gasteiger partial charge in [0.25, 0.3) is 5.91 Å². The van der Waals surface area contributed by atoms with E-state index in [0.29, 0.717) is 31.7 Å². The summed E-state index contributed by atoms with van der Waals surface area (Å²) in [5.41, 5.74) is 0.294. The summed E-state index contributed by atoms with van der Waals surface area (Å²) in [6.45, 7) is 6.11. The summed E-state index contributed by atoms with van der Waals surface area (Å²) < 4.78 is 29.5. The highest BCUT2D eigenvalue weighted by molar-refractivity contribution is 7.89. The van der Waals surface area contributed by atoms with E-state index in [1.165, 1.54) is 10.4 Å². The minimum atomic E-state index is -3.66. The first-order valence-corrected chi connectivity index (χ1v) is 12.2. The third-order valence-corrected chi connectivity index (χ3v) is 7.66. The second kappa shape index (κ2) is 9.31. The van der Waals surface area contributed by atoms with Gasteiger partial charge in [0.1, 0.15) is 5.56 Å². The Morgan fingerprint density at radius 2 is 1.83 bits per heavy atom. The van der Waals surface area contributed by atoms with Crippen LogP contribution in [0, 0.1) is 0 Å². The number of benzene rings is 1. The first-order chi connectivity index (χ1) is 14.3. The van der Waals surface area contributed by atoms with Gasteiger partial charge in [0.2, 0.25) is 15.5 Å². The minimum absolute atomic E-state index is 0.0791. The standard InChI is InChI=1S/C22H31N3O4S/c1-4-6-12-23(3)22(27)19-16-24(5-2)20-11-10-17(15-18(20)21(19)26)30(28,29)25-13-8-7-9-14-25/h10-11,15-16H,4-9,12-14H2,1-3H3. The molecule has 0 spiro atoms. The molecule has 1 fully saturated rings. The van der Waals surface area contributed by atoms with Gasteiger partial charge in [-0.2, -0.15) is 4.31 Å². The lowest BCUT2D eigenvalue weighted by Crippen LogP contribution is -2.35. The van der Waals surface area contributed by atoms with Crippen LogP contribution < -0.4 is 5.43 Å². The first-order valence-electron chi connectivity index (χ1n) is 10.7. The van der Waals surface area contributed by atoms with E-state index < -0.39 is 15.5 Å². The monoisotopic (exact) mass is 433 g/mol. The highest BCUT2D eigenvalue weighted by Crippen LogP contribution is 2.24. The van der Waals surface area contributed by atoms with Crippen molar-refractivity contribution in [3.05, 3.63) is 40.2 Å². The van der Waals surface area contributed by atoms with Gasteiger partial charge < -0.3 is 9.47 Å². The van der Waals surface area contributed by atoms with Gasteiger partial charge in [-0.3, -0.25) is 9.59 Å². The SMILES string of the molecule is CCCCN(C)C(=O)c1cn(CC)c2ccc(S(=O)(=O)N3CCCCC3)cc2c1=O. The number of aromatic nitrogens is 1. The van der Waals surface area contributed by atoms with Crippen LogP contribution >= 0.6 is 0 Å². The number of rotatable bonds is 7. The van der Waals surface area contributed by atoms with Gasteiger partial charge in [-0.05, 0) is 44.4 Å². The quantitative estimate of drug-likeness (QED) is 0.672. The number of piperidine rings is 1. The number of hydrogen-bond acceptors (Lipinski definition) is 4. The molecule has 1 aromatic carbocycles. The lowest BCUT2D eigenvalue weighted by atomic mass is 10.1. The van der Waals surface area contributed by atoms with E-state index in [4.69, 9.17) is 0 Å². The number of fused-ring (bicyclic) bond motifs is 1. The highest BCUT2D eigenvalue weighted by Gasteiger charge is 2.27. The Hall–Kier alpha value is -2.19. The maximum Gasteiger partial charge on any atom is 0.259 e. The molecule has 0 bridgehead atoms. The van der Waals surface area contributed by atoms with E-state index >= 15 is 0 Å². The molecule has 0 unspecified atom stereocenters. The van der Waals surface area contributed by atoms with Crippen molar-refractivity contribution in [1.82, 2.24) is 13.8 Å². The largest absolute Gasteiger partial charge is 0.347 e. The summed E-state index contributed by atoms with van der Waals surface area (Å²) in [6.07, 6.45) is 6.12. The molecule has 7 nitrogen and oxygen atoms in total. The smallest absolute Gasteiger partial charge is 0.259 e. The molecule has 2 aromatic rings. The Morgan fingerprint density at radius 1 is 1.13 bits per heavy atom. The number of nitrogens with zero attached hydrogens (tertiary/aromatic N) is 3. The number of amides is 1. The van der Waals surface area contributed by atoms with Gasteiger partial charge in [0.15, 0.2) is 0 Å². The van der Waals surface area contributed by atoms with Crippen molar-refractivity contribution in [2.75, 3.05) is 26.7 Å². The lowest BCUT2D eigenvalue weighted by Gasteiger charge is -2.26. The number of carbonyl (C=O) groups is 1. The molecule has 0 saturated carbocycles. The average molecular weight is 434 g/mol. The fourth-order valence-electron chi connectivity index (χ4n) is 3.91. The van der Waals surface area contributed by atoms with Crippen LogP contribution in [0.25, 0.3) is 10.9 Å². The Balaban J connectivity index is 2.10. The lowest BCUT2D eigenvalue weighted by molar-refractivity contribution is 0.0791. The second-order valence-corrected chi connectivity index (χ2v) is 9.82. The van der Waals surface area contributed by atoms with Crippen molar-refractivity contribution < 1.29 is 13.2 Å². The average Bonchev–Trinajstić information content (AvgIpc) is 2.77. The van der Waals surface area contributed by atoms with Crippen molar-refractivity contribution in [3.63, 3.8) is 0 Å². The Morgan fingerprint density at radius 3 is 2.47 bits per heavy atom. The van der Waals surface area contributed by atoms with Crippen LogP contribution in [-0.2, 0) is 16.6 Å². The molecule has 1 aliphatic heterocycles. The zero-order valence-corrected chi connectivity index (χ0v) is 18.9. The predicted octanol–water partition coefficient (Wildman–Crippen LogP) is 3.07. The van der Waals surface area contributed by atoms with Crippen molar-refractivity contribution >= 4 is 26.8 Å². The minimum Gasteiger partial charge on any atom is -0.347 e. The molecule has 0 atom stereocenters. The molecule has 0 radical (unpaired) electrons. The summed E-state index contributed by atoms with van der Waals surface area (Å²) in [5.74, 6) is -0.332. The normalized spacial score (nSPS) is 15.4. The molecule has 1 amide bonds. The van der Waals surface area contributed by atoms with Gasteiger partial charge in [-0.1, -0.05) is 19.8 Å². The molecule has 1 aromatic heterocycles. The summed E-state index contributed by atoms with van der Waals surface area (Å²) in [7, 11) is -1.97. The van der Waals surface area contributed by atoms with E-state index in [9.17, 15) is 18.0 Å². The van der Waals surface area contributed by atoms with E-state index in [-0.39, 0.29) is 21.8 Å². The van der Waals surface area contributed by atoms with Gasteiger partial charge in [-0.25, -0.2) is 8.42 Å². The van der Waals surface area contributed by atoms with Crippen molar-refractivity contribution in [2.24, 2.45) is 0 Å². The van der Waals surface area contributed by atoms with Crippen molar-refractivity contribution in [1.29, 1.82) is 0 Å². The molecule has 2 heterocycles. The fourth-order valence-corrected chi connectivity index (χ4v) is 5.45. The third-order valence-electron chi connectivity index (χ3n) is 5.77. The van der Waals surface area contributed by atoms with E-state index in [1.807, 2.05) is 18.4 Å². The molecular weight excluding hydrogens is 402 g/mol. The molecule has 3 rings (SSSR count). The van der Waals surface area contributed by atoms with Crippen LogP contribution in [0.1, 0.15) is 56.3 Å². The maximum absolute atomic E-state index is 13.2. The van der Waals surface area contributed by atoms with Crippen LogP contribution in [-0.4, -0.2) is 54.8 Å². The fraction of sp³-hybridized carbons (Fsp3) is 0.545. The zero-order chi connectivity index (χ0) is 21.9. The maximum atomic E-state index is 13.2. The molecule has 164 valence electrons. The molecule has 30 heavy (non-hydrogen) atoms. The summed E-state index contributed by atoms with van der Waals surface area (Å²) in [5, 5.41) is 0.268. The number of carbonyl (C=O) groups excluding carboxylic acids is 1. The van der Waals surface area contributed by atoms with Gasteiger partial charge in [-0.15, -0.1) is 0 Å². The Kier molecular flexibility index (Phi) is 6.98. The highest BCUT2D eigenvalue weighted by atomic mass is 32.2. The predicted molar refractivity (Wildman–Crippen MR) is 118 cm³/mol. The van der Waals surface area contributed by atoms with Gasteiger partial charge >= 0.3 is 0 Å². The summed E-state index contributed by atoms with van der Waals surface area (Å²) in [4.78, 5) is 27.8. The molecule has 1 saturated heterocycles. The van der Waals surface area contributed by atoms with E-state index in [0.717, 1.165) is 32.1 Å². The van der Waals surface area contributed by atoms with Gasteiger partial charge in [0, 0.05) is 44.8 Å². The Bertz CT molecular complexity index is 1090. The molecule has 8 heteroatoms.